The van der Waals surface area contributed by atoms with Crippen LogP contribution < -0.4 is 5.32 Å². The van der Waals surface area contributed by atoms with Gasteiger partial charge in [-0.3, -0.25) is 14.6 Å². The van der Waals surface area contributed by atoms with Gasteiger partial charge in [0.2, 0.25) is 5.91 Å². The number of piperidine rings is 1. The maximum Gasteiger partial charge on any atom is 0.257 e. The second-order valence-corrected chi connectivity index (χ2v) is 6.48. The van der Waals surface area contributed by atoms with Crippen LogP contribution in [0.5, 0.6) is 0 Å². The number of nitrogens with zero attached hydrogens (tertiary/aromatic N) is 2. The number of likely N-dealkylation sites (tertiary alicyclic amines) is 1. The van der Waals surface area contributed by atoms with Gasteiger partial charge in [-0.2, -0.15) is 0 Å². The second kappa shape index (κ2) is 7.00. The maximum atomic E-state index is 12.6. The van der Waals surface area contributed by atoms with Gasteiger partial charge >= 0.3 is 0 Å². The van der Waals surface area contributed by atoms with Crippen molar-refractivity contribution in [1.29, 1.82) is 0 Å². The van der Waals surface area contributed by atoms with E-state index in [0.29, 0.717) is 31.5 Å². The zero-order valence-corrected chi connectivity index (χ0v) is 14.2. The molecule has 6 nitrogen and oxygen atoms in total. The highest BCUT2D eigenvalue weighted by Crippen LogP contribution is 2.22. The molecule has 3 aromatic rings. The molecule has 1 saturated heterocycles. The van der Waals surface area contributed by atoms with E-state index in [0.717, 1.165) is 16.6 Å². The zero-order chi connectivity index (χ0) is 17.9. The lowest BCUT2D eigenvalue weighted by molar-refractivity contribution is -0.121. The van der Waals surface area contributed by atoms with E-state index >= 15 is 0 Å². The molecule has 0 radical (unpaired) electrons. The van der Waals surface area contributed by atoms with Gasteiger partial charge < -0.3 is 14.6 Å². The predicted molar refractivity (Wildman–Crippen MR) is 97.7 cm³/mol. The maximum absolute atomic E-state index is 12.6. The second-order valence-electron chi connectivity index (χ2n) is 6.48. The average Bonchev–Trinajstić information content (AvgIpc) is 3.22. The number of pyridine rings is 1. The van der Waals surface area contributed by atoms with Crippen LogP contribution >= 0.6 is 0 Å². The minimum absolute atomic E-state index is 0.00338. The molecule has 0 atom stereocenters. The molecule has 1 aliphatic rings. The van der Waals surface area contributed by atoms with E-state index in [-0.39, 0.29) is 17.7 Å². The number of fused-ring (bicyclic) bond motifs is 1. The van der Waals surface area contributed by atoms with E-state index in [1.165, 1.54) is 12.5 Å². The topological polar surface area (TPSA) is 75.4 Å². The highest BCUT2D eigenvalue weighted by atomic mass is 16.3. The molecule has 1 aromatic carbocycles. The molecule has 2 amide bonds. The van der Waals surface area contributed by atoms with E-state index in [4.69, 9.17) is 4.42 Å². The largest absolute Gasteiger partial charge is 0.472 e. The quantitative estimate of drug-likeness (QED) is 0.787. The Morgan fingerprint density at radius 2 is 2.00 bits per heavy atom. The number of furan rings is 1. The Labute approximate surface area is 150 Å². The Morgan fingerprint density at radius 3 is 2.77 bits per heavy atom. The Kier molecular flexibility index (Phi) is 4.39. The number of carbonyl (C=O) groups excluding carboxylic acids is 2. The molecule has 4 rings (SSSR count). The van der Waals surface area contributed by atoms with Gasteiger partial charge in [-0.05, 0) is 43.2 Å². The van der Waals surface area contributed by atoms with Crippen molar-refractivity contribution in [1.82, 2.24) is 9.88 Å². The third-order valence-corrected chi connectivity index (χ3v) is 4.79. The molecule has 0 spiro atoms. The van der Waals surface area contributed by atoms with Crippen molar-refractivity contribution < 1.29 is 14.0 Å². The summed E-state index contributed by atoms with van der Waals surface area (Å²) >= 11 is 0. The summed E-state index contributed by atoms with van der Waals surface area (Å²) in [5.74, 6) is -0.128. The van der Waals surface area contributed by atoms with Gasteiger partial charge in [0, 0.05) is 36.3 Å². The van der Waals surface area contributed by atoms with Crippen molar-refractivity contribution in [2.75, 3.05) is 18.4 Å². The third kappa shape index (κ3) is 3.31. The highest BCUT2D eigenvalue weighted by Gasteiger charge is 2.28. The van der Waals surface area contributed by atoms with Gasteiger partial charge in [-0.25, -0.2) is 0 Å². The molecule has 0 aliphatic carbocycles. The summed E-state index contributed by atoms with van der Waals surface area (Å²) in [6.45, 7) is 1.15. The number of rotatable bonds is 3. The Morgan fingerprint density at radius 1 is 1.15 bits per heavy atom. The lowest BCUT2D eigenvalue weighted by Crippen LogP contribution is -2.41. The van der Waals surface area contributed by atoms with Crippen LogP contribution in [-0.2, 0) is 4.79 Å². The fraction of sp³-hybridized carbons (Fsp3) is 0.250. The van der Waals surface area contributed by atoms with Gasteiger partial charge in [0.15, 0.2) is 0 Å². The van der Waals surface area contributed by atoms with Gasteiger partial charge in [0.05, 0.1) is 17.3 Å². The van der Waals surface area contributed by atoms with E-state index < -0.39 is 0 Å². The summed E-state index contributed by atoms with van der Waals surface area (Å²) < 4.78 is 4.97. The standard InChI is InChI=1S/C20H19N3O3/c24-19(22-17-3-4-18-15(12-17)2-1-8-21-18)14-5-9-23(10-6-14)20(25)16-7-11-26-13-16/h1-4,7-8,11-14H,5-6,9-10H2,(H,22,24). The third-order valence-electron chi connectivity index (χ3n) is 4.79. The number of hydrogen-bond acceptors (Lipinski definition) is 4. The van der Waals surface area contributed by atoms with Crippen molar-refractivity contribution in [2.45, 2.75) is 12.8 Å². The molecule has 1 aliphatic heterocycles. The van der Waals surface area contributed by atoms with Crippen LogP contribution in [0.15, 0.2) is 59.5 Å². The molecule has 2 aromatic heterocycles. The predicted octanol–water partition coefficient (Wildman–Crippen LogP) is 3.32. The highest BCUT2D eigenvalue weighted by molar-refractivity contribution is 5.96. The lowest BCUT2D eigenvalue weighted by atomic mass is 9.95. The summed E-state index contributed by atoms with van der Waals surface area (Å²) in [5, 5.41) is 3.98. The Bertz CT molecular complexity index is 928. The molecule has 0 unspecified atom stereocenters. The minimum Gasteiger partial charge on any atom is -0.472 e. The first-order chi connectivity index (χ1) is 12.7. The van der Waals surface area contributed by atoms with Crippen molar-refractivity contribution >= 4 is 28.4 Å². The minimum atomic E-state index is -0.0898. The van der Waals surface area contributed by atoms with Crippen LogP contribution in [0.1, 0.15) is 23.2 Å². The zero-order valence-electron chi connectivity index (χ0n) is 14.2. The SMILES string of the molecule is O=C(Nc1ccc2ncccc2c1)C1CCN(C(=O)c2ccoc2)CC1. The van der Waals surface area contributed by atoms with E-state index in [2.05, 4.69) is 10.3 Å². The first-order valence-corrected chi connectivity index (χ1v) is 8.68. The monoisotopic (exact) mass is 349 g/mol. The van der Waals surface area contributed by atoms with Crippen molar-refractivity contribution in [3.8, 4) is 0 Å². The van der Waals surface area contributed by atoms with E-state index in [1.54, 1.807) is 17.2 Å². The molecule has 3 heterocycles. The summed E-state index contributed by atoms with van der Waals surface area (Å²) in [4.78, 5) is 30.9. The van der Waals surface area contributed by atoms with E-state index in [1.807, 2.05) is 30.3 Å². The normalized spacial score (nSPS) is 15.2. The van der Waals surface area contributed by atoms with Crippen LogP contribution in [0, 0.1) is 5.92 Å². The van der Waals surface area contributed by atoms with Crippen LogP contribution in [0.2, 0.25) is 0 Å². The molecule has 1 N–H and O–H groups in total. The average molecular weight is 349 g/mol. The molecule has 1 fully saturated rings. The van der Waals surface area contributed by atoms with Gasteiger partial charge in [0.25, 0.3) is 5.91 Å². The smallest absolute Gasteiger partial charge is 0.257 e. The molecule has 6 heteroatoms. The summed E-state index contributed by atoms with van der Waals surface area (Å²) in [5.41, 5.74) is 2.22. The number of anilines is 1. The summed E-state index contributed by atoms with van der Waals surface area (Å²) in [6, 6.07) is 11.2. The summed E-state index contributed by atoms with van der Waals surface area (Å²) in [7, 11) is 0. The first kappa shape index (κ1) is 16.3. The number of amides is 2. The van der Waals surface area contributed by atoms with Crippen molar-refractivity contribution in [2.24, 2.45) is 5.92 Å². The molecule has 0 saturated carbocycles. The lowest BCUT2D eigenvalue weighted by Gasteiger charge is -2.31. The molecular weight excluding hydrogens is 330 g/mol. The molecule has 132 valence electrons. The van der Waals surface area contributed by atoms with Gasteiger partial charge in [-0.1, -0.05) is 6.07 Å². The fourth-order valence-corrected chi connectivity index (χ4v) is 3.31. The first-order valence-electron chi connectivity index (χ1n) is 8.68. The molecular formula is C20H19N3O3. The van der Waals surface area contributed by atoms with Gasteiger partial charge in [0.1, 0.15) is 6.26 Å². The number of hydrogen-bond donors (Lipinski definition) is 1. The van der Waals surface area contributed by atoms with E-state index in [9.17, 15) is 9.59 Å². The van der Waals surface area contributed by atoms with Crippen molar-refractivity contribution in [3.05, 3.63) is 60.7 Å². The molecule has 0 bridgehead atoms. The van der Waals surface area contributed by atoms with Gasteiger partial charge in [-0.15, -0.1) is 0 Å². The number of aromatic nitrogens is 1. The summed E-state index contributed by atoms with van der Waals surface area (Å²) in [6.07, 6.45) is 6.01. The Balaban J connectivity index is 1.36. The number of carbonyl (C=O) groups is 2. The Hall–Kier alpha value is -3.15. The number of nitrogens with one attached hydrogen (secondary N) is 1. The van der Waals surface area contributed by atoms with Crippen LogP contribution in [0.25, 0.3) is 10.9 Å². The van der Waals surface area contributed by atoms with Crippen molar-refractivity contribution in [3.63, 3.8) is 0 Å². The number of benzene rings is 1. The fourth-order valence-electron chi connectivity index (χ4n) is 3.31. The molecule has 26 heavy (non-hydrogen) atoms. The van der Waals surface area contributed by atoms with Crippen LogP contribution in [-0.4, -0.2) is 34.8 Å². The van der Waals surface area contributed by atoms with Crippen LogP contribution in [0.4, 0.5) is 5.69 Å². The van der Waals surface area contributed by atoms with Crippen LogP contribution in [0.3, 0.4) is 0 Å².